The van der Waals surface area contributed by atoms with Crippen LogP contribution in [0.3, 0.4) is 0 Å². The highest BCUT2D eigenvalue weighted by Gasteiger charge is 2.47. The van der Waals surface area contributed by atoms with Crippen LogP contribution in [0.1, 0.15) is 12.8 Å². The van der Waals surface area contributed by atoms with Crippen LogP contribution in [0.2, 0.25) is 5.02 Å². The van der Waals surface area contributed by atoms with Gasteiger partial charge in [0.1, 0.15) is 12.4 Å². The van der Waals surface area contributed by atoms with Crippen LogP contribution in [0.4, 0.5) is 0 Å². The second-order valence-electron chi connectivity index (χ2n) is 6.28. The number of likely N-dealkylation sites (tertiary alicyclic amines) is 1. The largest absolute Gasteiger partial charge is 0.492 e. The molecule has 0 saturated carbocycles. The highest BCUT2D eigenvalue weighted by atomic mass is 35.5. The third kappa shape index (κ3) is 3.62. The molecule has 0 N–H and O–H groups in total. The Kier molecular flexibility index (Phi) is 5.21. The van der Waals surface area contributed by atoms with Crippen molar-refractivity contribution in [3.8, 4) is 5.75 Å². The number of carbonyl (C=O) groups excluding carboxylic acids is 2. The topological polar surface area (TPSA) is 49.9 Å². The number of hydrogen-bond acceptors (Lipinski definition) is 4. The molecule has 6 heteroatoms. The van der Waals surface area contributed by atoms with Gasteiger partial charge in [-0.1, -0.05) is 23.8 Å². The lowest BCUT2D eigenvalue weighted by Crippen LogP contribution is -2.41. The molecule has 128 valence electrons. The molecule has 0 radical (unpaired) electrons. The second kappa shape index (κ2) is 7.36. The third-order valence-electron chi connectivity index (χ3n) is 4.54. The zero-order valence-electron chi connectivity index (χ0n) is 13.7. The summed E-state index contributed by atoms with van der Waals surface area (Å²) < 4.78 is 5.65. The van der Waals surface area contributed by atoms with Crippen LogP contribution in [0.15, 0.2) is 36.4 Å². The van der Waals surface area contributed by atoms with E-state index in [1.54, 1.807) is 12.1 Å². The van der Waals surface area contributed by atoms with E-state index in [-0.39, 0.29) is 23.7 Å². The Bertz CT molecular complexity index is 618. The summed E-state index contributed by atoms with van der Waals surface area (Å²) in [4.78, 5) is 28.1. The lowest BCUT2D eigenvalue weighted by molar-refractivity contribution is -0.142. The second-order valence-corrected chi connectivity index (χ2v) is 6.72. The number of ether oxygens (including phenoxy) is 1. The number of carbonyl (C=O) groups is 2. The first kappa shape index (κ1) is 17.0. The highest BCUT2D eigenvalue weighted by molar-refractivity contribution is 6.30. The molecule has 0 bridgehead atoms. The molecule has 2 amide bonds. The Balaban J connectivity index is 1.48. The van der Waals surface area contributed by atoms with Crippen molar-refractivity contribution in [1.82, 2.24) is 9.80 Å². The summed E-state index contributed by atoms with van der Waals surface area (Å²) >= 11 is 5.83. The number of fused-ring (bicyclic) bond motifs is 1. The SMILES string of the molecule is CN(CCOc1ccc(Cl)cc1)CN1C(=O)[C@H]2CC=CC[C@@H]2C1=O. The number of allylic oxidation sites excluding steroid dienone is 2. The summed E-state index contributed by atoms with van der Waals surface area (Å²) in [5, 5.41) is 0.668. The van der Waals surface area contributed by atoms with E-state index < -0.39 is 0 Å². The number of nitrogens with zero attached hydrogens (tertiary/aromatic N) is 2. The Morgan fingerprint density at radius 2 is 1.71 bits per heavy atom. The van der Waals surface area contributed by atoms with Gasteiger partial charge in [-0.05, 0) is 44.2 Å². The molecule has 1 aliphatic heterocycles. The molecule has 1 aliphatic carbocycles. The van der Waals surface area contributed by atoms with E-state index in [2.05, 4.69) is 0 Å². The lowest BCUT2D eigenvalue weighted by Gasteiger charge is -2.23. The molecule has 1 aromatic rings. The molecule has 1 heterocycles. The van der Waals surface area contributed by atoms with Gasteiger partial charge in [-0.25, -0.2) is 0 Å². The Morgan fingerprint density at radius 3 is 2.29 bits per heavy atom. The Morgan fingerprint density at radius 1 is 1.12 bits per heavy atom. The lowest BCUT2D eigenvalue weighted by atomic mass is 9.85. The van der Waals surface area contributed by atoms with Crippen molar-refractivity contribution in [1.29, 1.82) is 0 Å². The average molecular weight is 349 g/mol. The number of rotatable bonds is 6. The number of halogens is 1. The summed E-state index contributed by atoms with van der Waals surface area (Å²) in [5.41, 5.74) is 0. The fraction of sp³-hybridized carbons (Fsp3) is 0.444. The molecule has 1 fully saturated rings. The van der Waals surface area contributed by atoms with Gasteiger partial charge in [0.2, 0.25) is 11.8 Å². The van der Waals surface area contributed by atoms with Crippen molar-refractivity contribution in [3.05, 3.63) is 41.4 Å². The van der Waals surface area contributed by atoms with Crippen LogP contribution in [0.25, 0.3) is 0 Å². The van der Waals surface area contributed by atoms with E-state index in [4.69, 9.17) is 16.3 Å². The van der Waals surface area contributed by atoms with Gasteiger partial charge >= 0.3 is 0 Å². The minimum Gasteiger partial charge on any atom is -0.492 e. The molecular weight excluding hydrogens is 328 g/mol. The van der Waals surface area contributed by atoms with Gasteiger partial charge < -0.3 is 4.74 Å². The van der Waals surface area contributed by atoms with E-state index >= 15 is 0 Å². The highest BCUT2D eigenvalue weighted by Crippen LogP contribution is 2.34. The van der Waals surface area contributed by atoms with Crippen molar-refractivity contribution >= 4 is 23.4 Å². The summed E-state index contributed by atoms with van der Waals surface area (Å²) in [6.07, 6.45) is 5.35. The van der Waals surface area contributed by atoms with Crippen molar-refractivity contribution in [2.45, 2.75) is 12.8 Å². The van der Waals surface area contributed by atoms with Gasteiger partial charge in [0.25, 0.3) is 0 Å². The zero-order chi connectivity index (χ0) is 17.1. The Labute approximate surface area is 146 Å². The predicted octanol–water partition coefficient (Wildman–Crippen LogP) is 2.56. The molecule has 3 rings (SSSR count). The molecule has 5 nitrogen and oxygen atoms in total. The number of likely N-dealkylation sites (N-methyl/N-ethyl adjacent to an activating group) is 1. The molecular formula is C18H21ClN2O3. The number of benzene rings is 1. The molecule has 2 aliphatic rings. The smallest absolute Gasteiger partial charge is 0.234 e. The first-order chi connectivity index (χ1) is 11.6. The first-order valence-corrected chi connectivity index (χ1v) is 8.51. The van der Waals surface area contributed by atoms with Crippen LogP contribution < -0.4 is 4.74 Å². The molecule has 0 aromatic heterocycles. The maximum absolute atomic E-state index is 12.4. The average Bonchev–Trinajstić information content (AvgIpc) is 2.82. The monoisotopic (exact) mass is 348 g/mol. The van der Waals surface area contributed by atoms with E-state index in [9.17, 15) is 9.59 Å². The fourth-order valence-electron chi connectivity index (χ4n) is 3.17. The maximum Gasteiger partial charge on any atom is 0.234 e. The summed E-state index contributed by atoms with van der Waals surface area (Å²) in [5.74, 6) is 0.334. The van der Waals surface area contributed by atoms with E-state index in [0.29, 0.717) is 37.7 Å². The van der Waals surface area contributed by atoms with Crippen molar-refractivity contribution in [2.75, 3.05) is 26.9 Å². The van der Waals surface area contributed by atoms with Crippen molar-refractivity contribution < 1.29 is 14.3 Å². The van der Waals surface area contributed by atoms with Crippen molar-refractivity contribution in [3.63, 3.8) is 0 Å². The molecule has 24 heavy (non-hydrogen) atoms. The predicted molar refractivity (Wildman–Crippen MR) is 91.7 cm³/mol. The normalized spacial score (nSPS) is 23.0. The molecule has 0 spiro atoms. The standard InChI is InChI=1S/C18H21ClN2O3/c1-20(10-11-24-14-8-6-13(19)7-9-14)12-21-17(22)15-4-2-3-5-16(15)18(21)23/h2-3,6-9,15-16H,4-5,10-12H2,1H3/t15-,16-/m0/s1. The van der Waals surface area contributed by atoms with Gasteiger partial charge in [-0.2, -0.15) is 0 Å². The van der Waals surface area contributed by atoms with Crippen LogP contribution >= 0.6 is 11.6 Å². The summed E-state index contributed by atoms with van der Waals surface area (Å²) in [7, 11) is 1.88. The fourth-order valence-corrected chi connectivity index (χ4v) is 3.30. The third-order valence-corrected chi connectivity index (χ3v) is 4.79. The Hall–Kier alpha value is -1.85. The molecule has 0 unspecified atom stereocenters. The van der Waals surface area contributed by atoms with E-state index in [1.807, 2.05) is 36.2 Å². The first-order valence-electron chi connectivity index (χ1n) is 8.13. The number of amides is 2. The molecule has 2 atom stereocenters. The minimum absolute atomic E-state index is 0.0418. The zero-order valence-corrected chi connectivity index (χ0v) is 14.4. The van der Waals surface area contributed by atoms with Crippen LogP contribution in [0.5, 0.6) is 5.75 Å². The number of hydrogen-bond donors (Lipinski definition) is 0. The van der Waals surface area contributed by atoms with Gasteiger partial charge in [0.05, 0.1) is 18.5 Å². The quantitative estimate of drug-likeness (QED) is 0.585. The van der Waals surface area contributed by atoms with Crippen LogP contribution in [-0.2, 0) is 9.59 Å². The maximum atomic E-state index is 12.4. The van der Waals surface area contributed by atoms with Gasteiger partial charge in [0, 0.05) is 11.6 Å². The van der Waals surface area contributed by atoms with E-state index in [0.717, 1.165) is 5.75 Å². The summed E-state index contributed by atoms with van der Waals surface area (Å²) in [6.45, 7) is 1.41. The van der Waals surface area contributed by atoms with Gasteiger partial charge in [-0.15, -0.1) is 0 Å². The molecule has 1 aromatic carbocycles. The van der Waals surface area contributed by atoms with Crippen LogP contribution in [-0.4, -0.2) is 48.5 Å². The number of imide groups is 1. The minimum atomic E-state index is -0.166. The van der Waals surface area contributed by atoms with Crippen LogP contribution in [0, 0.1) is 11.8 Å². The van der Waals surface area contributed by atoms with Gasteiger partial charge in [0.15, 0.2) is 0 Å². The van der Waals surface area contributed by atoms with Gasteiger partial charge in [-0.3, -0.25) is 19.4 Å². The van der Waals surface area contributed by atoms with E-state index in [1.165, 1.54) is 4.90 Å². The molecule has 1 saturated heterocycles. The summed E-state index contributed by atoms with van der Waals surface area (Å²) in [6, 6.07) is 7.18. The van der Waals surface area contributed by atoms with Crippen molar-refractivity contribution in [2.24, 2.45) is 11.8 Å².